The molecule has 1 heterocycles. The maximum Gasteiger partial charge on any atom is 0.0307 e. The fraction of sp³-hybridized carbons (Fsp3) is 0.692. The molecule has 2 N–H and O–H groups in total. The third kappa shape index (κ3) is 4.08. The van der Waals surface area contributed by atoms with Crippen molar-refractivity contribution in [1.82, 2.24) is 4.57 Å². The predicted molar refractivity (Wildman–Crippen MR) is 65.7 cm³/mol. The Kier molecular flexibility index (Phi) is 3.97. The molecule has 15 heavy (non-hydrogen) atoms. The molecule has 0 radical (unpaired) electrons. The molecular formula is C13H24N2. The van der Waals surface area contributed by atoms with Gasteiger partial charge in [0.05, 0.1) is 0 Å². The Labute approximate surface area is 93.5 Å². The molecule has 0 aliphatic heterocycles. The van der Waals surface area contributed by atoms with E-state index in [1.807, 2.05) is 0 Å². The second-order valence-corrected chi connectivity index (χ2v) is 5.51. The lowest BCUT2D eigenvalue weighted by molar-refractivity contribution is 0.350. The van der Waals surface area contributed by atoms with Crippen LogP contribution in [-0.4, -0.2) is 4.57 Å². The average Bonchev–Trinajstić information content (AvgIpc) is 2.61. The maximum absolute atomic E-state index is 5.98. The lowest BCUT2D eigenvalue weighted by Gasteiger charge is -2.18. The van der Waals surface area contributed by atoms with E-state index in [0.29, 0.717) is 5.41 Å². The molecule has 86 valence electrons. The van der Waals surface area contributed by atoms with Crippen LogP contribution in [0.15, 0.2) is 18.5 Å². The quantitative estimate of drug-likeness (QED) is 0.808. The molecule has 0 amide bonds. The summed E-state index contributed by atoms with van der Waals surface area (Å²) >= 11 is 0. The van der Waals surface area contributed by atoms with Gasteiger partial charge in [-0.15, -0.1) is 0 Å². The summed E-state index contributed by atoms with van der Waals surface area (Å²) in [7, 11) is 0. The molecule has 0 aliphatic rings. The van der Waals surface area contributed by atoms with Crippen molar-refractivity contribution in [3.8, 4) is 0 Å². The van der Waals surface area contributed by atoms with Gasteiger partial charge in [-0.1, -0.05) is 27.7 Å². The summed E-state index contributed by atoms with van der Waals surface area (Å²) in [5.74, 6) is 0. The van der Waals surface area contributed by atoms with Crippen molar-refractivity contribution in [3.63, 3.8) is 0 Å². The van der Waals surface area contributed by atoms with Crippen LogP contribution in [-0.2, 0) is 6.54 Å². The normalized spacial score (nSPS) is 14.2. The number of nitrogens with two attached hydrogens (primary N) is 1. The molecule has 2 nitrogen and oxygen atoms in total. The number of aryl methyl sites for hydroxylation is 1. The summed E-state index contributed by atoms with van der Waals surface area (Å²) in [5, 5.41) is 0. The topological polar surface area (TPSA) is 30.9 Å². The summed E-state index contributed by atoms with van der Waals surface area (Å²) in [4.78, 5) is 0. The highest BCUT2D eigenvalue weighted by Gasteiger charge is 2.10. The van der Waals surface area contributed by atoms with Gasteiger partial charge in [-0.25, -0.2) is 0 Å². The number of hydrogen-bond acceptors (Lipinski definition) is 1. The maximum atomic E-state index is 5.98. The highest BCUT2D eigenvalue weighted by Crippen LogP contribution is 2.20. The average molecular weight is 208 g/mol. The van der Waals surface area contributed by atoms with Gasteiger partial charge in [0.15, 0.2) is 0 Å². The Morgan fingerprint density at radius 3 is 2.60 bits per heavy atom. The predicted octanol–water partition coefficient (Wildman–Crippen LogP) is 3.33. The molecule has 0 saturated heterocycles. The van der Waals surface area contributed by atoms with Gasteiger partial charge in [-0.3, -0.25) is 0 Å². The molecule has 1 atom stereocenters. The zero-order chi connectivity index (χ0) is 11.5. The molecular weight excluding hydrogens is 184 g/mol. The first-order valence-electron chi connectivity index (χ1n) is 5.83. The van der Waals surface area contributed by atoms with E-state index in [1.54, 1.807) is 0 Å². The summed E-state index contributed by atoms with van der Waals surface area (Å²) in [5.41, 5.74) is 7.63. The second-order valence-electron chi connectivity index (χ2n) is 5.51. The van der Waals surface area contributed by atoms with Crippen LogP contribution >= 0.6 is 0 Å². The van der Waals surface area contributed by atoms with E-state index in [0.717, 1.165) is 13.0 Å². The highest BCUT2D eigenvalue weighted by atomic mass is 14.9. The summed E-state index contributed by atoms with van der Waals surface area (Å²) in [6, 6.07) is 2.33. The van der Waals surface area contributed by atoms with Crippen molar-refractivity contribution in [3.05, 3.63) is 24.0 Å². The van der Waals surface area contributed by atoms with E-state index in [9.17, 15) is 0 Å². The standard InChI is InChI=1S/C13H24N2/c1-5-12(14)11-6-8-15(10-11)9-7-13(2,3)4/h6,8,10,12H,5,7,9,14H2,1-4H3. The second kappa shape index (κ2) is 4.84. The van der Waals surface area contributed by atoms with Crippen molar-refractivity contribution < 1.29 is 0 Å². The minimum absolute atomic E-state index is 0.195. The number of rotatable bonds is 4. The van der Waals surface area contributed by atoms with E-state index in [2.05, 4.69) is 50.7 Å². The summed E-state index contributed by atoms with van der Waals surface area (Å²) < 4.78 is 2.25. The van der Waals surface area contributed by atoms with Crippen molar-refractivity contribution in [1.29, 1.82) is 0 Å². The van der Waals surface area contributed by atoms with Crippen molar-refractivity contribution in [2.24, 2.45) is 11.1 Å². The lowest BCUT2D eigenvalue weighted by atomic mass is 9.92. The minimum atomic E-state index is 0.195. The van der Waals surface area contributed by atoms with Crippen LogP contribution < -0.4 is 5.73 Å². The van der Waals surface area contributed by atoms with E-state index >= 15 is 0 Å². The molecule has 0 aliphatic carbocycles. The smallest absolute Gasteiger partial charge is 0.0307 e. The van der Waals surface area contributed by atoms with E-state index in [4.69, 9.17) is 5.73 Å². The fourth-order valence-electron chi connectivity index (χ4n) is 1.52. The van der Waals surface area contributed by atoms with Gasteiger partial charge in [0.25, 0.3) is 0 Å². The van der Waals surface area contributed by atoms with Crippen LogP contribution in [0.4, 0.5) is 0 Å². The van der Waals surface area contributed by atoms with E-state index in [1.165, 1.54) is 12.0 Å². The van der Waals surface area contributed by atoms with Gasteiger partial charge in [0.2, 0.25) is 0 Å². The van der Waals surface area contributed by atoms with Crippen LogP contribution in [0.1, 0.15) is 52.1 Å². The molecule has 1 aromatic heterocycles. The fourth-order valence-corrected chi connectivity index (χ4v) is 1.52. The molecule has 0 bridgehead atoms. The summed E-state index contributed by atoms with van der Waals surface area (Å²) in [6.07, 6.45) is 6.52. The Balaban J connectivity index is 2.53. The molecule has 2 heteroatoms. The van der Waals surface area contributed by atoms with Crippen LogP contribution in [0.3, 0.4) is 0 Å². The van der Waals surface area contributed by atoms with Gasteiger partial charge < -0.3 is 10.3 Å². The Hall–Kier alpha value is -0.760. The van der Waals surface area contributed by atoms with Crippen LogP contribution in [0, 0.1) is 5.41 Å². The number of hydrogen-bond donors (Lipinski definition) is 1. The van der Waals surface area contributed by atoms with Gasteiger partial charge in [0.1, 0.15) is 0 Å². The Bertz CT molecular complexity index is 294. The monoisotopic (exact) mass is 208 g/mol. The van der Waals surface area contributed by atoms with Gasteiger partial charge in [0, 0.05) is 25.0 Å². The molecule has 0 saturated carbocycles. The van der Waals surface area contributed by atoms with Crippen molar-refractivity contribution in [2.45, 2.75) is 53.1 Å². The van der Waals surface area contributed by atoms with E-state index in [-0.39, 0.29) is 6.04 Å². The lowest BCUT2D eigenvalue weighted by Crippen LogP contribution is -2.10. The first kappa shape index (κ1) is 12.3. The molecule has 0 aromatic carbocycles. The Morgan fingerprint density at radius 2 is 2.07 bits per heavy atom. The van der Waals surface area contributed by atoms with Crippen molar-refractivity contribution in [2.75, 3.05) is 0 Å². The molecule has 1 aromatic rings. The third-order valence-corrected chi connectivity index (χ3v) is 2.76. The van der Waals surface area contributed by atoms with Gasteiger partial charge in [-0.05, 0) is 29.9 Å². The first-order valence-corrected chi connectivity index (χ1v) is 5.83. The zero-order valence-corrected chi connectivity index (χ0v) is 10.5. The molecule has 0 fully saturated rings. The Morgan fingerprint density at radius 1 is 1.40 bits per heavy atom. The van der Waals surface area contributed by atoms with Gasteiger partial charge >= 0.3 is 0 Å². The minimum Gasteiger partial charge on any atom is -0.354 e. The SMILES string of the molecule is CCC(N)c1ccn(CCC(C)(C)C)c1. The van der Waals surface area contributed by atoms with Crippen LogP contribution in [0.25, 0.3) is 0 Å². The van der Waals surface area contributed by atoms with Crippen molar-refractivity contribution >= 4 is 0 Å². The van der Waals surface area contributed by atoms with Crippen LogP contribution in [0.5, 0.6) is 0 Å². The summed E-state index contributed by atoms with van der Waals surface area (Å²) in [6.45, 7) is 10.0. The van der Waals surface area contributed by atoms with Gasteiger partial charge in [-0.2, -0.15) is 0 Å². The number of nitrogens with zero attached hydrogens (tertiary/aromatic N) is 1. The number of aromatic nitrogens is 1. The van der Waals surface area contributed by atoms with E-state index < -0.39 is 0 Å². The highest BCUT2D eigenvalue weighted by molar-refractivity contribution is 5.14. The molecule has 1 rings (SSSR count). The first-order chi connectivity index (χ1) is 6.92. The molecule has 1 unspecified atom stereocenters. The van der Waals surface area contributed by atoms with Crippen LogP contribution in [0.2, 0.25) is 0 Å². The zero-order valence-electron chi connectivity index (χ0n) is 10.5. The molecule has 0 spiro atoms. The third-order valence-electron chi connectivity index (χ3n) is 2.76. The largest absolute Gasteiger partial charge is 0.354 e.